The molecule has 1 aliphatic rings. The zero-order valence-electron chi connectivity index (χ0n) is 24.5. The summed E-state index contributed by atoms with van der Waals surface area (Å²) in [6, 6.07) is 9.25. The largest absolute Gasteiger partial charge is 0.493 e. The maximum absolute atomic E-state index is 13.4. The normalized spacial score (nSPS) is 20.8. The number of esters is 3. The van der Waals surface area contributed by atoms with Gasteiger partial charge in [0.05, 0.1) is 19.6 Å². The van der Waals surface area contributed by atoms with Crippen LogP contribution in [-0.4, -0.2) is 74.2 Å². The highest BCUT2D eigenvalue weighted by atomic mass is 16.7. The van der Waals surface area contributed by atoms with Gasteiger partial charge in [-0.15, -0.1) is 0 Å². The van der Waals surface area contributed by atoms with E-state index in [1.54, 1.807) is 13.8 Å². The van der Waals surface area contributed by atoms with Crippen molar-refractivity contribution in [3.8, 4) is 11.5 Å². The van der Waals surface area contributed by atoms with E-state index in [0.717, 1.165) is 12.0 Å². The van der Waals surface area contributed by atoms with Crippen LogP contribution in [0.2, 0.25) is 0 Å². The Morgan fingerprint density at radius 3 is 2.52 bits per heavy atom. The highest BCUT2D eigenvalue weighted by Gasteiger charge is 2.42. The van der Waals surface area contributed by atoms with Gasteiger partial charge in [-0.1, -0.05) is 51.1 Å². The van der Waals surface area contributed by atoms with E-state index in [-0.39, 0.29) is 30.4 Å². The van der Waals surface area contributed by atoms with Crippen molar-refractivity contribution in [3.05, 3.63) is 53.9 Å². The van der Waals surface area contributed by atoms with Crippen LogP contribution < -0.4 is 14.8 Å². The lowest BCUT2D eigenvalue weighted by molar-refractivity contribution is -0.176. The molecule has 2 heterocycles. The molecule has 1 amide bonds. The third-order valence-electron chi connectivity index (χ3n) is 6.41. The molecule has 1 aromatic heterocycles. The molecule has 12 heteroatoms. The van der Waals surface area contributed by atoms with Gasteiger partial charge in [0.2, 0.25) is 0 Å². The molecule has 1 aromatic carbocycles. The number of methoxy groups -OCH3 is 1. The number of aromatic nitrogens is 1. The van der Waals surface area contributed by atoms with Crippen LogP contribution in [0.5, 0.6) is 11.5 Å². The molecule has 0 spiro atoms. The average molecular weight is 587 g/mol. The van der Waals surface area contributed by atoms with Gasteiger partial charge in [0.15, 0.2) is 36.1 Å². The van der Waals surface area contributed by atoms with Crippen LogP contribution in [0.25, 0.3) is 0 Å². The van der Waals surface area contributed by atoms with E-state index in [4.69, 9.17) is 28.4 Å². The van der Waals surface area contributed by atoms with Gasteiger partial charge in [0.1, 0.15) is 18.6 Å². The predicted octanol–water partition coefficient (Wildman–Crippen LogP) is 2.87. The van der Waals surface area contributed by atoms with Crippen molar-refractivity contribution in [2.45, 2.75) is 58.8 Å². The number of pyridine rings is 1. The Balaban J connectivity index is 1.85. The Labute approximate surface area is 245 Å². The van der Waals surface area contributed by atoms with Crippen molar-refractivity contribution in [1.29, 1.82) is 0 Å². The van der Waals surface area contributed by atoms with Crippen molar-refractivity contribution < 1.29 is 47.6 Å². The summed E-state index contributed by atoms with van der Waals surface area (Å²) >= 11 is 0. The standard InChI is InChI=1S/C30H38N2O10/c1-6-14-38-17-40-26-23(37-5)12-13-31-24(26)27(33)32-22-16-39-29(35)21(15-20-10-8-7-9-11-20)25(19(4)41-30(22)36)42-28(34)18(2)3/h7-13,18-19,21-22,25H,6,14-17H2,1-5H3,(H,32,33)/t19-,21+,22-,25-/m0/s1. The van der Waals surface area contributed by atoms with Crippen LogP contribution >= 0.6 is 0 Å². The summed E-state index contributed by atoms with van der Waals surface area (Å²) in [6.45, 7) is 6.54. The van der Waals surface area contributed by atoms with E-state index in [2.05, 4.69) is 10.3 Å². The fraction of sp³-hybridized carbons (Fsp3) is 0.500. The van der Waals surface area contributed by atoms with E-state index in [1.165, 1.54) is 26.3 Å². The van der Waals surface area contributed by atoms with Crippen molar-refractivity contribution >= 4 is 23.8 Å². The zero-order valence-corrected chi connectivity index (χ0v) is 24.5. The Bertz CT molecular complexity index is 1220. The smallest absolute Gasteiger partial charge is 0.332 e. The van der Waals surface area contributed by atoms with Gasteiger partial charge in [0, 0.05) is 12.3 Å². The van der Waals surface area contributed by atoms with Crippen molar-refractivity contribution in [2.75, 3.05) is 27.1 Å². The summed E-state index contributed by atoms with van der Waals surface area (Å²) in [5.41, 5.74) is 0.624. The SMILES string of the molecule is CCCOCOc1c(OC)ccnc1C(=O)N[C@H]1COC(=O)[C@H](Cc2ccccc2)[C@@H](OC(=O)C(C)C)[C@H](C)OC1=O. The predicted molar refractivity (Wildman–Crippen MR) is 149 cm³/mol. The Morgan fingerprint density at radius 2 is 1.86 bits per heavy atom. The van der Waals surface area contributed by atoms with E-state index in [1.807, 2.05) is 37.3 Å². The molecule has 0 aliphatic carbocycles. The van der Waals surface area contributed by atoms with Crippen molar-refractivity contribution in [3.63, 3.8) is 0 Å². The number of nitrogens with one attached hydrogen (secondary N) is 1. The number of benzene rings is 1. The first kappa shape index (κ1) is 32.3. The summed E-state index contributed by atoms with van der Waals surface area (Å²) < 4.78 is 33.1. The molecule has 42 heavy (non-hydrogen) atoms. The summed E-state index contributed by atoms with van der Waals surface area (Å²) in [5, 5.41) is 2.52. The molecule has 0 saturated carbocycles. The molecular weight excluding hydrogens is 548 g/mol. The van der Waals surface area contributed by atoms with Crippen LogP contribution in [0, 0.1) is 11.8 Å². The number of nitrogens with zero attached hydrogens (tertiary/aromatic N) is 1. The second kappa shape index (κ2) is 15.7. The average Bonchev–Trinajstić information content (AvgIpc) is 3.01. The second-order valence-corrected chi connectivity index (χ2v) is 10.0. The van der Waals surface area contributed by atoms with Crippen LogP contribution in [0.4, 0.5) is 0 Å². The minimum Gasteiger partial charge on any atom is -0.493 e. The number of hydrogen-bond donors (Lipinski definition) is 1. The third kappa shape index (κ3) is 8.65. The highest BCUT2D eigenvalue weighted by Crippen LogP contribution is 2.30. The Morgan fingerprint density at radius 1 is 1.12 bits per heavy atom. The van der Waals surface area contributed by atoms with Gasteiger partial charge < -0.3 is 33.7 Å². The maximum Gasteiger partial charge on any atom is 0.332 e. The molecule has 12 nitrogen and oxygen atoms in total. The lowest BCUT2D eigenvalue weighted by Crippen LogP contribution is -2.47. The van der Waals surface area contributed by atoms with Crippen LogP contribution in [0.15, 0.2) is 42.6 Å². The van der Waals surface area contributed by atoms with Crippen LogP contribution in [-0.2, 0) is 39.8 Å². The molecule has 228 valence electrons. The molecule has 0 unspecified atom stereocenters. The fourth-order valence-corrected chi connectivity index (χ4v) is 4.17. The monoisotopic (exact) mass is 586 g/mol. The van der Waals surface area contributed by atoms with Crippen LogP contribution in [0.3, 0.4) is 0 Å². The first-order valence-electron chi connectivity index (χ1n) is 13.8. The van der Waals surface area contributed by atoms with Gasteiger partial charge in [-0.25, -0.2) is 9.78 Å². The summed E-state index contributed by atoms with van der Waals surface area (Å²) in [5.74, 6) is -4.17. The maximum atomic E-state index is 13.4. The highest BCUT2D eigenvalue weighted by molar-refractivity contribution is 5.98. The minimum absolute atomic E-state index is 0.0130. The van der Waals surface area contributed by atoms with E-state index in [9.17, 15) is 19.2 Å². The third-order valence-corrected chi connectivity index (χ3v) is 6.41. The van der Waals surface area contributed by atoms with Crippen molar-refractivity contribution in [1.82, 2.24) is 10.3 Å². The number of ether oxygens (including phenoxy) is 6. The Hall–Kier alpha value is -4.19. The molecule has 1 aliphatic heterocycles. The van der Waals surface area contributed by atoms with Gasteiger partial charge in [-0.2, -0.15) is 0 Å². The molecule has 3 rings (SSSR count). The molecule has 1 N–H and O–H groups in total. The molecule has 1 fully saturated rings. The summed E-state index contributed by atoms with van der Waals surface area (Å²) in [4.78, 5) is 56.6. The van der Waals surface area contributed by atoms with Gasteiger partial charge in [-0.3, -0.25) is 14.4 Å². The van der Waals surface area contributed by atoms with Gasteiger partial charge >= 0.3 is 17.9 Å². The molecule has 1 saturated heterocycles. The lowest BCUT2D eigenvalue weighted by atomic mass is 9.91. The fourth-order valence-electron chi connectivity index (χ4n) is 4.17. The molecule has 4 atom stereocenters. The molecule has 0 bridgehead atoms. The van der Waals surface area contributed by atoms with Crippen LogP contribution in [0.1, 0.15) is 50.2 Å². The van der Waals surface area contributed by atoms with E-state index in [0.29, 0.717) is 6.61 Å². The first-order chi connectivity index (χ1) is 20.2. The van der Waals surface area contributed by atoms with E-state index < -0.39 is 60.5 Å². The summed E-state index contributed by atoms with van der Waals surface area (Å²) in [7, 11) is 1.40. The first-order valence-corrected chi connectivity index (χ1v) is 13.8. The zero-order chi connectivity index (χ0) is 30.6. The number of amides is 1. The number of rotatable bonds is 12. The molecular formula is C30H38N2O10. The Kier molecular flexibility index (Phi) is 12.1. The number of cyclic esters (lactones) is 2. The van der Waals surface area contributed by atoms with Gasteiger partial charge in [-0.05, 0) is 25.3 Å². The second-order valence-electron chi connectivity index (χ2n) is 10.0. The molecule has 2 aromatic rings. The molecule has 0 radical (unpaired) electrons. The lowest BCUT2D eigenvalue weighted by Gasteiger charge is -2.29. The number of carbonyl (C=O) groups excluding carboxylic acids is 4. The van der Waals surface area contributed by atoms with E-state index >= 15 is 0 Å². The minimum atomic E-state index is -1.39. The number of hydrogen-bond acceptors (Lipinski definition) is 11. The quantitative estimate of drug-likeness (QED) is 0.169. The summed E-state index contributed by atoms with van der Waals surface area (Å²) in [6.07, 6.45) is 0.117. The number of carbonyl (C=O) groups is 4. The van der Waals surface area contributed by atoms with Crippen molar-refractivity contribution in [2.24, 2.45) is 11.8 Å². The topological polar surface area (TPSA) is 149 Å². The van der Waals surface area contributed by atoms with Gasteiger partial charge in [0.25, 0.3) is 5.91 Å².